The Morgan fingerprint density at radius 1 is 1.44 bits per heavy atom. The first-order valence-electron chi connectivity index (χ1n) is 6.14. The maximum absolute atomic E-state index is 9.13. The van der Waals surface area contributed by atoms with Crippen LogP contribution in [0.5, 0.6) is 5.75 Å². The van der Waals surface area contributed by atoms with Crippen molar-refractivity contribution >= 4 is 5.69 Å². The molecular formula is C14H18N2O2. The molecular weight excluding hydrogens is 228 g/mol. The normalized spacial score (nSPS) is 16.8. The summed E-state index contributed by atoms with van der Waals surface area (Å²) in [5, 5.41) is 12.4. The van der Waals surface area contributed by atoms with Crippen LogP contribution in [0.4, 0.5) is 5.69 Å². The summed E-state index contributed by atoms with van der Waals surface area (Å²) in [5.41, 5.74) is 0.540. The number of benzene rings is 1. The molecule has 1 aromatic rings. The highest BCUT2D eigenvalue weighted by Crippen LogP contribution is 2.30. The van der Waals surface area contributed by atoms with Crippen LogP contribution in [0.3, 0.4) is 0 Å². The van der Waals surface area contributed by atoms with Crippen molar-refractivity contribution in [2.24, 2.45) is 5.41 Å². The van der Waals surface area contributed by atoms with Gasteiger partial charge in [0.2, 0.25) is 0 Å². The Kier molecular flexibility index (Phi) is 3.73. The van der Waals surface area contributed by atoms with Crippen LogP contribution in [0, 0.1) is 16.7 Å². The minimum atomic E-state index is -0.384. The maximum Gasteiger partial charge on any atom is 0.142 e. The highest BCUT2D eigenvalue weighted by Gasteiger charge is 2.38. The van der Waals surface area contributed by atoms with Crippen molar-refractivity contribution in [2.75, 3.05) is 25.1 Å². The molecule has 0 unspecified atom stereocenters. The van der Waals surface area contributed by atoms with E-state index in [2.05, 4.69) is 11.4 Å². The topological polar surface area (TPSA) is 54.3 Å². The van der Waals surface area contributed by atoms with E-state index in [0.717, 1.165) is 11.4 Å². The van der Waals surface area contributed by atoms with E-state index < -0.39 is 0 Å². The van der Waals surface area contributed by atoms with Gasteiger partial charge < -0.3 is 14.8 Å². The molecule has 1 aliphatic rings. The van der Waals surface area contributed by atoms with Gasteiger partial charge in [0.05, 0.1) is 31.1 Å². The quantitative estimate of drug-likeness (QED) is 0.867. The minimum Gasteiger partial charge on any atom is -0.489 e. The van der Waals surface area contributed by atoms with Gasteiger partial charge in [0.1, 0.15) is 11.2 Å². The first-order chi connectivity index (χ1) is 8.65. The summed E-state index contributed by atoms with van der Waals surface area (Å²) in [6.07, 6.45) is 0.130. The van der Waals surface area contributed by atoms with Gasteiger partial charge in [0.25, 0.3) is 0 Å². The number of rotatable bonds is 5. The molecule has 0 aliphatic carbocycles. The van der Waals surface area contributed by atoms with Crippen molar-refractivity contribution in [3.8, 4) is 11.8 Å². The van der Waals surface area contributed by atoms with Gasteiger partial charge in [-0.25, -0.2) is 0 Å². The Bertz CT molecular complexity index is 447. The van der Waals surface area contributed by atoms with E-state index in [4.69, 9.17) is 14.7 Å². The molecule has 4 heteroatoms. The van der Waals surface area contributed by atoms with Crippen LogP contribution in [0.15, 0.2) is 24.3 Å². The average molecular weight is 246 g/mol. The molecule has 0 saturated carbocycles. The highest BCUT2D eigenvalue weighted by atomic mass is 16.5. The summed E-state index contributed by atoms with van der Waals surface area (Å²) < 4.78 is 10.8. The predicted molar refractivity (Wildman–Crippen MR) is 69.6 cm³/mol. The summed E-state index contributed by atoms with van der Waals surface area (Å²) in [6.45, 7) is 5.58. The summed E-state index contributed by atoms with van der Waals surface area (Å²) in [7, 11) is 0. The van der Waals surface area contributed by atoms with Gasteiger partial charge in [-0.1, -0.05) is 12.1 Å². The van der Waals surface area contributed by atoms with Gasteiger partial charge in [0, 0.05) is 6.54 Å². The molecule has 0 aromatic heterocycles. The number of para-hydroxylation sites is 2. The van der Waals surface area contributed by atoms with Gasteiger partial charge in [-0.05, 0) is 26.0 Å². The fourth-order valence-electron chi connectivity index (χ4n) is 1.79. The van der Waals surface area contributed by atoms with Crippen molar-refractivity contribution in [1.29, 1.82) is 5.26 Å². The molecule has 0 amide bonds. The first-order valence-corrected chi connectivity index (χ1v) is 6.14. The number of nitriles is 1. The van der Waals surface area contributed by atoms with Crippen LogP contribution in [0.2, 0.25) is 0 Å². The summed E-state index contributed by atoms with van der Waals surface area (Å²) in [6, 6.07) is 10.1. The van der Waals surface area contributed by atoms with Crippen LogP contribution in [-0.2, 0) is 4.74 Å². The molecule has 1 fully saturated rings. The third kappa shape index (κ3) is 2.74. The zero-order valence-corrected chi connectivity index (χ0v) is 10.8. The highest BCUT2D eigenvalue weighted by molar-refractivity contribution is 5.56. The SMILES string of the molecule is CC(C)Oc1ccccc1NCC1(C#N)COC1. The van der Waals surface area contributed by atoms with Crippen LogP contribution < -0.4 is 10.1 Å². The number of anilines is 1. The van der Waals surface area contributed by atoms with Gasteiger partial charge in [0.15, 0.2) is 0 Å². The standard InChI is InChI=1S/C14H18N2O2/c1-11(2)18-13-6-4-3-5-12(13)16-8-14(7-15)9-17-10-14/h3-6,11,16H,8-10H2,1-2H3. The Labute approximate surface area is 108 Å². The van der Waals surface area contributed by atoms with E-state index in [1.165, 1.54) is 0 Å². The molecule has 1 saturated heterocycles. The number of hydrogen-bond acceptors (Lipinski definition) is 4. The fourth-order valence-corrected chi connectivity index (χ4v) is 1.79. The maximum atomic E-state index is 9.13. The fraction of sp³-hybridized carbons (Fsp3) is 0.500. The zero-order valence-electron chi connectivity index (χ0n) is 10.8. The van der Waals surface area contributed by atoms with Gasteiger partial charge in [-0.3, -0.25) is 0 Å². The van der Waals surface area contributed by atoms with Crippen molar-refractivity contribution in [3.05, 3.63) is 24.3 Å². The van der Waals surface area contributed by atoms with Crippen LogP contribution in [0.25, 0.3) is 0 Å². The lowest BCUT2D eigenvalue weighted by Crippen LogP contribution is -2.46. The molecule has 0 bridgehead atoms. The predicted octanol–water partition coefficient (Wildman–Crippen LogP) is 2.43. The molecule has 18 heavy (non-hydrogen) atoms. The Morgan fingerprint density at radius 2 is 2.17 bits per heavy atom. The molecule has 1 heterocycles. The molecule has 96 valence electrons. The Hall–Kier alpha value is -1.73. The number of hydrogen-bond donors (Lipinski definition) is 1. The minimum absolute atomic E-state index is 0.130. The summed E-state index contributed by atoms with van der Waals surface area (Å²) in [5.74, 6) is 0.820. The number of ether oxygens (including phenoxy) is 2. The lowest BCUT2D eigenvalue weighted by Gasteiger charge is -2.35. The van der Waals surface area contributed by atoms with Gasteiger partial charge in [-0.2, -0.15) is 5.26 Å². The van der Waals surface area contributed by atoms with Gasteiger partial charge >= 0.3 is 0 Å². The molecule has 4 nitrogen and oxygen atoms in total. The monoisotopic (exact) mass is 246 g/mol. The van der Waals surface area contributed by atoms with Crippen molar-refractivity contribution in [3.63, 3.8) is 0 Å². The second-order valence-electron chi connectivity index (χ2n) is 4.90. The summed E-state index contributed by atoms with van der Waals surface area (Å²) in [4.78, 5) is 0. The molecule has 1 N–H and O–H groups in total. The largest absolute Gasteiger partial charge is 0.489 e. The first kappa shape index (κ1) is 12.7. The lowest BCUT2D eigenvalue weighted by atomic mass is 9.88. The Morgan fingerprint density at radius 3 is 2.72 bits per heavy atom. The molecule has 0 atom stereocenters. The van der Waals surface area contributed by atoms with E-state index in [9.17, 15) is 0 Å². The summed E-state index contributed by atoms with van der Waals surface area (Å²) >= 11 is 0. The number of nitrogens with one attached hydrogen (secondary N) is 1. The molecule has 2 rings (SSSR count). The molecule has 1 aliphatic heterocycles. The van der Waals surface area contributed by atoms with E-state index >= 15 is 0 Å². The third-order valence-corrected chi connectivity index (χ3v) is 2.86. The van der Waals surface area contributed by atoms with Crippen LogP contribution >= 0.6 is 0 Å². The van der Waals surface area contributed by atoms with E-state index in [1.807, 2.05) is 38.1 Å². The zero-order chi connectivity index (χ0) is 13.0. The van der Waals surface area contributed by atoms with Crippen LogP contribution in [0.1, 0.15) is 13.8 Å². The Balaban J connectivity index is 2.03. The molecule has 0 radical (unpaired) electrons. The van der Waals surface area contributed by atoms with E-state index in [0.29, 0.717) is 19.8 Å². The second-order valence-corrected chi connectivity index (χ2v) is 4.90. The molecule has 0 spiro atoms. The smallest absolute Gasteiger partial charge is 0.142 e. The number of nitrogens with zero attached hydrogens (tertiary/aromatic N) is 1. The van der Waals surface area contributed by atoms with E-state index in [-0.39, 0.29) is 11.5 Å². The van der Waals surface area contributed by atoms with Crippen molar-refractivity contribution in [2.45, 2.75) is 20.0 Å². The molecule has 1 aromatic carbocycles. The lowest BCUT2D eigenvalue weighted by molar-refractivity contribution is -0.0690. The van der Waals surface area contributed by atoms with Crippen molar-refractivity contribution < 1.29 is 9.47 Å². The van der Waals surface area contributed by atoms with Gasteiger partial charge in [-0.15, -0.1) is 0 Å². The van der Waals surface area contributed by atoms with Crippen LogP contribution in [-0.4, -0.2) is 25.9 Å². The average Bonchev–Trinajstić information content (AvgIpc) is 2.29. The van der Waals surface area contributed by atoms with Crippen molar-refractivity contribution in [1.82, 2.24) is 0 Å². The third-order valence-electron chi connectivity index (χ3n) is 2.86. The van der Waals surface area contributed by atoms with E-state index in [1.54, 1.807) is 0 Å². The second kappa shape index (κ2) is 5.28.